The molecule has 2 aromatic carbocycles. The van der Waals surface area contributed by atoms with E-state index in [1.54, 1.807) is 30.3 Å². The Morgan fingerprint density at radius 1 is 1.00 bits per heavy atom. The second-order valence-corrected chi connectivity index (χ2v) is 5.31. The second kappa shape index (κ2) is 7.33. The Balaban J connectivity index is 1.86. The molecule has 0 bridgehead atoms. The first-order valence-electron chi connectivity index (χ1n) is 7.67. The van der Waals surface area contributed by atoms with Gasteiger partial charge in [-0.3, -0.25) is 0 Å². The van der Waals surface area contributed by atoms with E-state index in [0.717, 1.165) is 11.1 Å². The number of allylic oxidation sites excluding steroid dienone is 1. The van der Waals surface area contributed by atoms with Gasteiger partial charge in [0.1, 0.15) is 11.5 Å². The van der Waals surface area contributed by atoms with E-state index in [1.165, 1.54) is 7.11 Å². The third kappa shape index (κ3) is 3.67. The highest BCUT2D eigenvalue weighted by atomic mass is 16.5. The molecule has 0 spiro atoms. The summed E-state index contributed by atoms with van der Waals surface area (Å²) in [5.74, 6) is 0.872. The predicted molar refractivity (Wildman–Crippen MR) is 95.4 cm³/mol. The van der Waals surface area contributed by atoms with Crippen molar-refractivity contribution in [3.05, 3.63) is 83.6 Å². The number of rotatable bonds is 4. The number of nitrogens with zero attached hydrogens (tertiary/aromatic N) is 1. The summed E-state index contributed by atoms with van der Waals surface area (Å²) in [7, 11) is 1.35. The number of carbonyl (C=O) groups excluding carboxylic acids is 1. The van der Waals surface area contributed by atoms with Gasteiger partial charge < -0.3 is 9.15 Å². The number of ether oxygens (including phenoxy) is 1. The number of carbonyl (C=O) groups is 1. The molecule has 0 atom stereocenters. The third-order valence-electron chi connectivity index (χ3n) is 3.71. The van der Waals surface area contributed by atoms with Gasteiger partial charge in [0.15, 0.2) is 0 Å². The fraction of sp³-hybridized carbons (Fsp3) is 0.0476. The first-order valence-corrected chi connectivity index (χ1v) is 7.67. The first kappa shape index (κ1) is 16.3. The van der Waals surface area contributed by atoms with Crippen LogP contribution in [0.4, 0.5) is 0 Å². The van der Waals surface area contributed by atoms with Crippen molar-refractivity contribution >= 4 is 17.6 Å². The summed E-state index contributed by atoms with van der Waals surface area (Å²) in [6.45, 7) is 0. The highest BCUT2D eigenvalue weighted by Gasteiger charge is 2.08. The smallest absolute Gasteiger partial charge is 0.337 e. The van der Waals surface area contributed by atoms with Crippen LogP contribution in [0.25, 0.3) is 23.0 Å². The van der Waals surface area contributed by atoms with E-state index in [2.05, 4.69) is 10.8 Å². The van der Waals surface area contributed by atoms with Crippen LogP contribution in [0.5, 0.6) is 0 Å². The molecule has 0 saturated carbocycles. The summed E-state index contributed by atoms with van der Waals surface area (Å²) < 4.78 is 10.5. The van der Waals surface area contributed by atoms with Crippen molar-refractivity contribution in [2.45, 2.75) is 0 Å². The Bertz CT molecular complexity index is 945. The van der Waals surface area contributed by atoms with E-state index >= 15 is 0 Å². The van der Waals surface area contributed by atoms with Gasteiger partial charge in [-0.15, -0.1) is 0 Å². The number of hydrogen-bond acceptors (Lipinski definition) is 4. The van der Waals surface area contributed by atoms with Crippen LogP contribution in [0.15, 0.2) is 71.1 Å². The standard InChI is InChI=1S/C21H15NO3/c1-24-21(23)17-9-7-16(8-10-17)20-12-11-19(25-20)13-18(14-22)15-5-3-2-4-6-15/h2-13H,1H3/b18-13-. The molecule has 0 amide bonds. The van der Waals surface area contributed by atoms with Gasteiger partial charge in [-0.2, -0.15) is 5.26 Å². The quantitative estimate of drug-likeness (QED) is 0.509. The zero-order valence-electron chi connectivity index (χ0n) is 13.6. The van der Waals surface area contributed by atoms with Gasteiger partial charge in [0.2, 0.25) is 0 Å². The summed E-state index contributed by atoms with van der Waals surface area (Å²) in [5.41, 5.74) is 2.69. The molecule has 0 saturated heterocycles. The minimum absolute atomic E-state index is 0.379. The van der Waals surface area contributed by atoms with Crippen LogP contribution in [0.2, 0.25) is 0 Å². The highest BCUT2D eigenvalue weighted by molar-refractivity contribution is 5.90. The fourth-order valence-corrected chi connectivity index (χ4v) is 2.41. The average molecular weight is 329 g/mol. The zero-order valence-corrected chi connectivity index (χ0v) is 13.6. The van der Waals surface area contributed by atoms with Crippen molar-refractivity contribution in [1.82, 2.24) is 0 Å². The molecule has 122 valence electrons. The lowest BCUT2D eigenvalue weighted by Gasteiger charge is -2.01. The van der Waals surface area contributed by atoms with Crippen molar-refractivity contribution in [2.24, 2.45) is 0 Å². The number of furan rings is 1. The minimum Gasteiger partial charge on any atom is -0.465 e. The molecule has 0 aliphatic heterocycles. The monoisotopic (exact) mass is 329 g/mol. The van der Waals surface area contributed by atoms with E-state index < -0.39 is 0 Å². The lowest BCUT2D eigenvalue weighted by molar-refractivity contribution is 0.0600. The van der Waals surface area contributed by atoms with Crippen LogP contribution in [0.3, 0.4) is 0 Å². The van der Waals surface area contributed by atoms with Crippen LogP contribution in [-0.2, 0) is 4.74 Å². The van der Waals surface area contributed by atoms with Gasteiger partial charge in [0, 0.05) is 5.56 Å². The van der Waals surface area contributed by atoms with Crippen LogP contribution < -0.4 is 0 Å². The van der Waals surface area contributed by atoms with Crippen molar-refractivity contribution < 1.29 is 13.9 Å². The van der Waals surface area contributed by atoms with Crippen LogP contribution in [0.1, 0.15) is 21.7 Å². The molecule has 0 unspecified atom stereocenters. The number of esters is 1. The summed E-state index contributed by atoms with van der Waals surface area (Å²) in [6.07, 6.45) is 1.71. The minimum atomic E-state index is -0.379. The largest absolute Gasteiger partial charge is 0.465 e. The van der Waals surface area contributed by atoms with Crippen molar-refractivity contribution in [1.29, 1.82) is 5.26 Å². The Morgan fingerprint density at radius 2 is 1.72 bits per heavy atom. The predicted octanol–water partition coefficient (Wildman–Crippen LogP) is 4.80. The molecule has 0 aliphatic carbocycles. The van der Waals surface area contributed by atoms with Crippen LogP contribution >= 0.6 is 0 Å². The van der Waals surface area contributed by atoms with E-state index in [9.17, 15) is 10.1 Å². The second-order valence-electron chi connectivity index (χ2n) is 5.31. The SMILES string of the molecule is COC(=O)c1ccc(-c2ccc(/C=C(/C#N)c3ccccc3)o2)cc1. The lowest BCUT2D eigenvalue weighted by Crippen LogP contribution is -2.00. The van der Waals surface area contributed by atoms with Crippen molar-refractivity contribution in [2.75, 3.05) is 7.11 Å². The maximum Gasteiger partial charge on any atom is 0.337 e. The summed E-state index contributed by atoms with van der Waals surface area (Å²) in [4.78, 5) is 11.5. The van der Waals surface area contributed by atoms with Gasteiger partial charge in [-0.05, 0) is 35.9 Å². The third-order valence-corrected chi connectivity index (χ3v) is 3.71. The van der Waals surface area contributed by atoms with E-state index in [0.29, 0.717) is 22.7 Å². The molecule has 0 radical (unpaired) electrons. The number of nitriles is 1. The number of benzene rings is 2. The van der Waals surface area contributed by atoms with Crippen molar-refractivity contribution in [3.63, 3.8) is 0 Å². The van der Waals surface area contributed by atoms with Crippen LogP contribution in [-0.4, -0.2) is 13.1 Å². The van der Waals surface area contributed by atoms with E-state index in [-0.39, 0.29) is 5.97 Å². The first-order chi connectivity index (χ1) is 12.2. The Morgan fingerprint density at radius 3 is 2.36 bits per heavy atom. The molecular weight excluding hydrogens is 314 g/mol. The lowest BCUT2D eigenvalue weighted by atomic mass is 10.1. The summed E-state index contributed by atoms with van der Waals surface area (Å²) >= 11 is 0. The maximum atomic E-state index is 11.5. The Hall–Kier alpha value is -3.58. The molecule has 3 rings (SSSR count). The topological polar surface area (TPSA) is 63.2 Å². The van der Waals surface area contributed by atoms with E-state index in [4.69, 9.17) is 4.42 Å². The molecular formula is C21H15NO3. The van der Waals surface area contributed by atoms with Gasteiger partial charge in [0.05, 0.1) is 24.3 Å². The molecule has 0 aliphatic rings. The fourth-order valence-electron chi connectivity index (χ4n) is 2.41. The molecule has 1 heterocycles. The molecule has 3 aromatic rings. The maximum absolute atomic E-state index is 11.5. The Labute approximate surface area is 145 Å². The van der Waals surface area contributed by atoms with Gasteiger partial charge in [0.25, 0.3) is 0 Å². The molecule has 25 heavy (non-hydrogen) atoms. The zero-order chi connectivity index (χ0) is 17.6. The molecule has 1 aromatic heterocycles. The number of hydrogen-bond donors (Lipinski definition) is 0. The van der Waals surface area contributed by atoms with Gasteiger partial charge >= 0.3 is 5.97 Å². The highest BCUT2D eigenvalue weighted by Crippen LogP contribution is 2.25. The summed E-state index contributed by atoms with van der Waals surface area (Å²) in [6, 6.07) is 22.2. The summed E-state index contributed by atoms with van der Waals surface area (Å²) in [5, 5.41) is 9.37. The number of methoxy groups -OCH3 is 1. The van der Waals surface area contributed by atoms with Gasteiger partial charge in [-0.1, -0.05) is 42.5 Å². The molecule has 0 N–H and O–H groups in total. The molecule has 0 fully saturated rings. The van der Waals surface area contributed by atoms with Gasteiger partial charge in [-0.25, -0.2) is 4.79 Å². The molecule has 4 heteroatoms. The van der Waals surface area contributed by atoms with E-state index in [1.807, 2.05) is 42.5 Å². The van der Waals surface area contributed by atoms with Crippen LogP contribution in [0, 0.1) is 11.3 Å². The van der Waals surface area contributed by atoms with Crippen molar-refractivity contribution in [3.8, 4) is 17.4 Å². The molecule has 4 nitrogen and oxygen atoms in total. The Kier molecular flexibility index (Phi) is 4.77. The normalized spacial score (nSPS) is 11.0. The average Bonchev–Trinajstić information content (AvgIpc) is 3.15.